The zero-order valence-electron chi connectivity index (χ0n) is 21.0. The summed E-state index contributed by atoms with van der Waals surface area (Å²) in [6.45, 7) is 14.6. The lowest BCUT2D eigenvalue weighted by atomic mass is 9.79. The molecule has 2 atom stereocenters. The van der Waals surface area contributed by atoms with Crippen molar-refractivity contribution in [2.75, 3.05) is 13.2 Å². The lowest BCUT2D eigenvalue weighted by Gasteiger charge is -2.44. The van der Waals surface area contributed by atoms with E-state index in [9.17, 15) is 0 Å². The highest BCUT2D eigenvalue weighted by Crippen LogP contribution is 2.47. The Morgan fingerprint density at radius 2 is 0.971 bits per heavy atom. The average molecular weight is 459 g/mol. The fourth-order valence-electron chi connectivity index (χ4n) is 4.75. The van der Waals surface area contributed by atoms with E-state index in [1.807, 2.05) is 50.2 Å². The molecule has 4 nitrogen and oxygen atoms in total. The van der Waals surface area contributed by atoms with Gasteiger partial charge in [0, 0.05) is 10.8 Å². The van der Waals surface area contributed by atoms with Crippen molar-refractivity contribution in [2.45, 2.75) is 53.8 Å². The lowest BCUT2D eigenvalue weighted by Crippen LogP contribution is -2.40. The average Bonchev–Trinajstić information content (AvgIpc) is 2.78. The molecule has 2 fully saturated rings. The number of hydrogen-bond acceptors (Lipinski definition) is 4. The first-order valence-electron chi connectivity index (χ1n) is 12.0. The van der Waals surface area contributed by atoms with Gasteiger partial charge >= 0.3 is 0 Å². The van der Waals surface area contributed by atoms with E-state index >= 15 is 0 Å². The summed E-state index contributed by atoms with van der Waals surface area (Å²) in [7, 11) is 0. The van der Waals surface area contributed by atoms with E-state index in [4.69, 9.17) is 18.9 Å². The van der Waals surface area contributed by atoms with E-state index in [0.717, 1.165) is 47.3 Å². The zero-order chi connectivity index (χ0) is 24.1. The minimum atomic E-state index is 0.156. The van der Waals surface area contributed by atoms with Gasteiger partial charge in [-0.05, 0) is 72.5 Å². The summed E-state index contributed by atoms with van der Waals surface area (Å²) in [5.41, 5.74) is 4.81. The molecule has 3 aromatic rings. The fourth-order valence-corrected chi connectivity index (χ4v) is 4.75. The maximum Gasteiger partial charge on any atom is 0.130 e. The minimum Gasteiger partial charge on any atom is -0.457 e. The first kappa shape index (κ1) is 22.9. The molecule has 0 aromatic heterocycles. The van der Waals surface area contributed by atoms with Gasteiger partial charge in [0.25, 0.3) is 0 Å². The Kier molecular flexibility index (Phi) is 5.70. The number of aryl methyl sites for hydroxylation is 2. The molecule has 0 aliphatic carbocycles. The molecule has 3 aromatic carbocycles. The van der Waals surface area contributed by atoms with E-state index in [1.54, 1.807) is 0 Å². The van der Waals surface area contributed by atoms with Gasteiger partial charge in [0.05, 0.1) is 25.4 Å². The Labute approximate surface area is 202 Å². The van der Waals surface area contributed by atoms with Gasteiger partial charge in [-0.15, -0.1) is 0 Å². The monoisotopic (exact) mass is 458 g/mol. The zero-order valence-corrected chi connectivity index (χ0v) is 21.0. The highest BCUT2D eigenvalue weighted by molar-refractivity contribution is 5.49. The highest BCUT2D eigenvalue weighted by Gasteiger charge is 2.41. The van der Waals surface area contributed by atoms with Crippen molar-refractivity contribution in [3.8, 4) is 23.0 Å². The van der Waals surface area contributed by atoms with Crippen molar-refractivity contribution in [1.29, 1.82) is 0 Å². The third kappa shape index (κ3) is 4.33. The van der Waals surface area contributed by atoms with Gasteiger partial charge in [-0.1, -0.05) is 52.0 Å². The Morgan fingerprint density at radius 3 is 1.24 bits per heavy atom. The van der Waals surface area contributed by atoms with Gasteiger partial charge < -0.3 is 18.9 Å². The molecule has 0 amide bonds. The van der Waals surface area contributed by atoms with Gasteiger partial charge in [-0.25, -0.2) is 0 Å². The first-order valence-corrected chi connectivity index (χ1v) is 12.0. The predicted octanol–water partition coefficient (Wildman–Crippen LogP) is 8.08. The summed E-state index contributed by atoms with van der Waals surface area (Å²) >= 11 is 0. The van der Waals surface area contributed by atoms with E-state index in [0.29, 0.717) is 0 Å². The van der Waals surface area contributed by atoms with Crippen LogP contribution in [-0.2, 0) is 9.47 Å². The van der Waals surface area contributed by atoms with Crippen molar-refractivity contribution in [3.05, 3.63) is 82.9 Å². The summed E-state index contributed by atoms with van der Waals surface area (Å²) in [4.78, 5) is 0. The van der Waals surface area contributed by atoms with Crippen LogP contribution >= 0.6 is 0 Å². The predicted molar refractivity (Wildman–Crippen MR) is 134 cm³/mol. The first-order chi connectivity index (χ1) is 16.1. The van der Waals surface area contributed by atoms with Crippen LogP contribution < -0.4 is 9.47 Å². The molecule has 34 heavy (non-hydrogen) atoms. The minimum absolute atomic E-state index is 0.156. The van der Waals surface area contributed by atoms with Crippen molar-refractivity contribution in [3.63, 3.8) is 0 Å². The fraction of sp³-hybridized carbons (Fsp3) is 0.400. The van der Waals surface area contributed by atoms with Crippen LogP contribution in [0.4, 0.5) is 0 Å². The summed E-state index contributed by atoms with van der Waals surface area (Å²) in [5.74, 6) is 3.29. The van der Waals surface area contributed by atoms with Gasteiger partial charge in [0.2, 0.25) is 0 Å². The number of hydrogen-bond donors (Lipinski definition) is 0. The van der Waals surface area contributed by atoms with Gasteiger partial charge in [0.15, 0.2) is 0 Å². The van der Waals surface area contributed by atoms with E-state index in [-0.39, 0.29) is 23.0 Å². The molecule has 2 aliphatic heterocycles. The summed E-state index contributed by atoms with van der Waals surface area (Å²) in [5, 5.41) is 0. The van der Waals surface area contributed by atoms with Gasteiger partial charge in [0.1, 0.15) is 23.0 Å². The molecule has 5 rings (SSSR count). The van der Waals surface area contributed by atoms with Crippen LogP contribution in [0.15, 0.2) is 60.7 Å². The van der Waals surface area contributed by atoms with E-state index in [1.165, 1.54) is 11.1 Å². The normalized spacial score (nSPS) is 22.4. The van der Waals surface area contributed by atoms with Crippen LogP contribution in [0.2, 0.25) is 0 Å². The SMILES string of the molecule is Cc1cc(Oc2ccc(C3OCC3(C)C)cc2)c(C)cc1Oc1ccc(C2OCC2(C)C)cc1. The third-order valence-electron chi connectivity index (χ3n) is 6.96. The molecule has 2 saturated heterocycles. The molecule has 2 unspecified atom stereocenters. The van der Waals surface area contributed by atoms with Crippen molar-refractivity contribution in [2.24, 2.45) is 10.8 Å². The molecule has 178 valence electrons. The second-order valence-corrected chi connectivity index (χ2v) is 11.1. The highest BCUT2D eigenvalue weighted by atomic mass is 16.5. The van der Waals surface area contributed by atoms with Crippen LogP contribution in [-0.4, -0.2) is 13.2 Å². The molecular weight excluding hydrogens is 424 g/mol. The van der Waals surface area contributed by atoms with Crippen LogP contribution in [0, 0.1) is 24.7 Å². The Morgan fingerprint density at radius 1 is 0.618 bits per heavy atom. The van der Waals surface area contributed by atoms with Gasteiger partial charge in [-0.2, -0.15) is 0 Å². The topological polar surface area (TPSA) is 36.9 Å². The van der Waals surface area contributed by atoms with E-state index < -0.39 is 0 Å². The largest absolute Gasteiger partial charge is 0.457 e. The maximum atomic E-state index is 6.20. The van der Waals surface area contributed by atoms with Crippen molar-refractivity contribution < 1.29 is 18.9 Å². The third-order valence-corrected chi connectivity index (χ3v) is 6.96. The van der Waals surface area contributed by atoms with E-state index in [2.05, 4.69) is 52.0 Å². The number of ether oxygens (including phenoxy) is 4. The smallest absolute Gasteiger partial charge is 0.130 e. The Hall–Kier alpha value is -2.82. The van der Waals surface area contributed by atoms with Crippen LogP contribution in [0.1, 0.15) is 62.2 Å². The molecular formula is C30H34O4. The van der Waals surface area contributed by atoms with Crippen LogP contribution in [0.25, 0.3) is 0 Å². The van der Waals surface area contributed by atoms with Crippen molar-refractivity contribution in [1.82, 2.24) is 0 Å². The molecule has 0 N–H and O–H groups in total. The molecule has 0 saturated carbocycles. The second kappa shape index (κ2) is 8.44. The Balaban J connectivity index is 1.26. The summed E-state index contributed by atoms with van der Waals surface area (Å²) in [6, 6.07) is 20.5. The van der Waals surface area contributed by atoms with Crippen LogP contribution in [0.3, 0.4) is 0 Å². The lowest BCUT2D eigenvalue weighted by molar-refractivity contribution is -0.172. The molecule has 2 heterocycles. The summed E-state index contributed by atoms with van der Waals surface area (Å²) in [6.07, 6.45) is 0.313. The maximum absolute atomic E-state index is 6.20. The van der Waals surface area contributed by atoms with Gasteiger partial charge in [-0.3, -0.25) is 0 Å². The van der Waals surface area contributed by atoms with Crippen molar-refractivity contribution >= 4 is 0 Å². The molecule has 0 bridgehead atoms. The Bertz CT molecular complexity index is 1080. The quantitative estimate of drug-likeness (QED) is 0.374. The van der Waals surface area contributed by atoms with Crippen LogP contribution in [0.5, 0.6) is 23.0 Å². The molecule has 4 heteroatoms. The number of rotatable bonds is 6. The second-order valence-electron chi connectivity index (χ2n) is 11.1. The number of benzene rings is 3. The molecule has 2 aliphatic rings. The molecule has 0 radical (unpaired) electrons. The standard InChI is InChI=1S/C30H34O4/c1-19-15-26(34-24-13-9-22(10-14-24)28-30(5,6)18-32-28)20(2)16-25(19)33-23-11-7-21(8-12-23)27-29(3,4)17-31-27/h7-16,27-28H,17-18H2,1-6H3. The molecule has 0 spiro atoms. The summed E-state index contributed by atoms with van der Waals surface area (Å²) < 4.78 is 23.9.